The topological polar surface area (TPSA) is 52.0 Å². The molecule has 1 unspecified atom stereocenters. The van der Waals surface area contributed by atoms with Gasteiger partial charge in [0.25, 0.3) is 0 Å². The predicted molar refractivity (Wildman–Crippen MR) is 93.7 cm³/mol. The molecule has 0 aromatic heterocycles. The van der Waals surface area contributed by atoms with Crippen LogP contribution in [0.15, 0.2) is 78.9 Å². The molecule has 4 N–H and O–H groups in total. The maximum Gasteiger partial charge on any atom is 0.0316 e. The van der Waals surface area contributed by atoms with E-state index in [1.807, 2.05) is 30.3 Å². The first-order valence-corrected chi connectivity index (χ1v) is 7.47. The minimum absolute atomic E-state index is 0.270. The first-order chi connectivity index (χ1) is 10.7. The number of nitrogens with two attached hydrogens (primary N) is 2. The fourth-order valence-electron chi connectivity index (χ4n) is 2.78. The van der Waals surface area contributed by atoms with Crippen molar-refractivity contribution in [1.29, 1.82) is 0 Å². The molecule has 0 bridgehead atoms. The number of nitrogen functional groups attached to an aromatic ring is 2. The lowest BCUT2D eigenvalue weighted by molar-refractivity contribution is 0.806. The Balaban J connectivity index is 2.00. The van der Waals surface area contributed by atoms with Gasteiger partial charge in [-0.25, -0.2) is 0 Å². The monoisotopic (exact) mass is 288 g/mol. The van der Waals surface area contributed by atoms with Crippen molar-refractivity contribution in [2.24, 2.45) is 0 Å². The molecule has 0 saturated carbocycles. The summed E-state index contributed by atoms with van der Waals surface area (Å²) >= 11 is 0. The van der Waals surface area contributed by atoms with Crippen molar-refractivity contribution in [3.63, 3.8) is 0 Å². The second kappa shape index (κ2) is 6.35. The van der Waals surface area contributed by atoms with Crippen LogP contribution in [0.4, 0.5) is 11.4 Å². The molecule has 2 heteroatoms. The molecule has 0 aliphatic heterocycles. The van der Waals surface area contributed by atoms with Gasteiger partial charge in [-0.3, -0.25) is 0 Å². The van der Waals surface area contributed by atoms with Gasteiger partial charge in [-0.2, -0.15) is 0 Å². The zero-order valence-corrected chi connectivity index (χ0v) is 12.4. The van der Waals surface area contributed by atoms with Gasteiger partial charge in [0.2, 0.25) is 0 Å². The van der Waals surface area contributed by atoms with E-state index >= 15 is 0 Å². The zero-order valence-electron chi connectivity index (χ0n) is 12.4. The number of hydrogen-bond donors (Lipinski definition) is 2. The van der Waals surface area contributed by atoms with Crippen molar-refractivity contribution in [1.82, 2.24) is 0 Å². The van der Waals surface area contributed by atoms with E-state index in [4.69, 9.17) is 11.5 Å². The van der Waals surface area contributed by atoms with Gasteiger partial charge in [-0.05, 0) is 47.4 Å². The largest absolute Gasteiger partial charge is 0.399 e. The van der Waals surface area contributed by atoms with E-state index in [0.29, 0.717) is 0 Å². The molecule has 3 aromatic carbocycles. The van der Waals surface area contributed by atoms with Crippen molar-refractivity contribution in [3.05, 3.63) is 95.6 Å². The summed E-state index contributed by atoms with van der Waals surface area (Å²) in [7, 11) is 0. The normalized spacial score (nSPS) is 12.0. The third-order valence-electron chi connectivity index (χ3n) is 3.93. The number of hydrogen-bond acceptors (Lipinski definition) is 2. The molecule has 0 amide bonds. The van der Waals surface area contributed by atoms with Crippen molar-refractivity contribution < 1.29 is 0 Å². The zero-order chi connectivity index (χ0) is 15.4. The lowest BCUT2D eigenvalue weighted by Crippen LogP contribution is -2.06. The molecule has 3 aromatic rings. The van der Waals surface area contributed by atoms with Crippen molar-refractivity contribution in [3.8, 4) is 0 Å². The summed E-state index contributed by atoms with van der Waals surface area (Å²) in [5.74, 6) is 0.270. The highest BCUT2D eigenvalue weighted by Gasteiger charge is 2.15. The summed E-state index contributed by atoms with van der Waals surface area (Å²) < 4.78 is 0. The van der Waals surface area contributed by atoms with Crippen LogP contribution in [0.25, 0.3) is 0 Å². The lowest BCUT2D eigenvalue weighted by Gasteiger charge is -2.19. The molecule has 0 radical (unpaired) electrons. The Hall–Kier alpha value is -2.74. The van der Waals surface area contributed by atoms with Crippen LogP contribution >= 0.6 is 0 Å². The van der Waals surface area contributed by atoms with Gasteiger partial charge in [0.15, 0.2) is 0 Å². The summed E-state index contributed by atoms with van der Waals surface area (Å²) in [5.41, 5.74) is 17.2. The number of anilines is 2. The van der Waals surface area contributed by atoms with Crippen LogP contribution in [-0.2, 0) is 6.42 Å². The molecular formula is C20H20N2. The van der Waals surface area contributed by atoms with Gasteiger partial charge in [-0.15, -0.1) is 0 Å². The van der Waals surface area contributed by atoms with Crippen LogP contribution in [0.3, 0.4) is 0 Å². The third-order valence-corrected chi connectivity index (χ3v) is 3.93. The molecule has 22 heavy (non-hydrogen) atoms. The van der Waals surface area contributed by atoms with Crippen LogP contribution in [-0.4, -0.2) is 0 Å². The summed E-state index contributed by atoms with van der Waals surface area (Å²) in [5, 5.41) is 0. The summed E-state index contributed by atoms with van der Waals surface area (Å²) in [6.45, 7) is 0. The van der Waals surface area contributed by atoms with Gasteiger partial charge >= 0.3 is 0 Å². The van der Waals surface area contributed by atoms with E-state index in [9.17, 15) is 0 Å². The van der Waals surface area contributed by atoms with E-state index in [1.165, 1.54) is 16.7 Å². The number of rotatable bonds is 4. The van der Waals surface area contributed by atoms with Gasteiger partial charge in [0.05, 0.1) is 0 Å². The molecule has 1 atom stereocenters. The quantitative estimate of drug-likeness (QED) is 0.706. The Morgan fingerprint density at radius 1 is 0.636 bits per heavy atom. The second-order valence-electron chi connectivity index (χ2n) is 5.58. The molecule has 0 aliphatic rings. The fourth-order valence-corrected chi connectivity index (χ4v) is 2.78. The van der Waals surface area contributed by atoms with E-state index in [2.05, 4.69) is 48.5 Å². The summed E-state index contributed by atoms with van der Waals surface area (Å²) in [4.78, 5) is 0. The highest BCUT2D eigenvalue weighted by molar-refractivity contribution is 5.47. The van der Waals surface area contributed by atoms with Gasteiger partial charge in [0.1, 0.15) is 0 Å². The fraction of sp³-hybridized carbons (Fsp3) is 0.100. The average Bonchev–Trinajstić information content (AvgIpc) is 2.55. The Bertz CT molecular complexity index is 733. The highest BCUT2D eigenvalue weighted by Crippen LogP contribution is 2.30. The van der Waals surface area contributed by atoms with Crippen molar-refractivity contribution in [2.45, 2.75) is 12.3 Å². The Morgan fingerprint density at radius 3 is 2.05 bits per heavy atom. The Morgan fingerprint density at radius 2 is 1.36 bits per heavy atom. The predicted octanol–water partition coefficient (Wildman–Crippen LogP) is 4.23. The molecule has 3 rings (SSSR count). The first-order valence-electron chi connectivity index (χ1n) is 7.47. The molecule has 110 valence electrons. The lowest BCUT2D eigenvalue weighted by atomic mass is 9.86. The molecule has 2 nitrogen and oxygen atoms in total. The van der Waals surface area contributed by atoms with Crippen LogP contribution < -0.4 is 11.5 Å². The third kappa shape index (κ3) is 3.29. The molecule has 0 spiro atoms. The van der Waals surface area contributed by atoms with Crippen molar-refractivity contribution in [2.75, 3.05) is 11.5 Å². The van der Waals surface area contributed by atoms with E-state index in [-0.39, 0.29) is 5.92 Å². The van der Waals surface area contributed by atoms with Gasteiger partial charge < -0.3 is 11.5 Å². The SMILES string of the molecule is Nc1ccc(C(Cc2ccccc2)c2cccc(N)c2)cc1. The van der Waals surface area contributed by atoms with Crippen LogP contribution in [0, 0.1) is 0 Å². The molecular weight excluding hydrogens is 268 g/mol. The second-order valence-corrected chi connectivity index (χ2v) is 5.58. The highest BCUT2D eigenvalue weighted by atomic mass is 14.5. The average molecular weight is 288 g/mol. The Kier molecular flexibility index (Phi) is 4.10. The minimum Gasteiger partial charge on any atom is -0.399 e. The van der Waals surface area contributed by atoms with Crippen LogP contribution in [0.1, 0.15) is 22.6 Å². The summed E-state index contributed by atoms with van der Waals surface area (Å²) in [6, 6.07) is 26.8. The van der Waals surface area contributed by atoms with E-state index < -0.39 is 0 Å². The van der Waals surface area contributed by atoms with E-state index in [1.54, 1.807) is 0 Å². The van der Waals surface area contributed by atoms with Crippen LogP contribution in [0.5, 0.6) is 0 Å². The summed E-state index contributed by atoms with van der Waals surface area (Å²) in [6.07, 6.45) is 0.939. The van der Waals surface area contributed by atoms with E-state index in [0.717, 1.165) is 17.8 Å². The minimum atomic E-state index is 0.270. The Labute approximate surface area is 131 Å². The van der Waals surface area contributed by atoms with Gasteiger partial charge in [0, 0.05) is 17.3 Å². The van der Waals surface area contributed by atoms with Crippen molar-refractivity contribution >= 4 is 11.4 Å². The maximum absolute atomic E-state index is 5.97. The first kappa shape index (κ1) is 14.2. The van der Waals surface area contributed by atoms with Crippen LogP contribution in [0.2, 0.25) is 0 Å². The molecule has 0 heterocycles. The molecule has 0 fully saturated rings. The number of benzene rings is 3. The molecule has 0 aliphatic carbocycles. The smallest absolute Gasteiger partial charge is 0.0316 e. The maximum atomic E-state index is 5.97. The molecule has 0 saturated heterocycles. The van der Waals surface area contributed by atoms with Gasteiger partial charge in [-0.1, -0.05) is 54.6 Å². The standard InChI is InChI=1S/C20H20N2/c21-18-11-9-16(10-12-18)20(13-15-5-2-1-3-6-15)17-7-4-8-19(22)14-17/h1-12,14,20H,13,21-22H2.